The second-order valence-corrected chi connectivity index (χ2v) is 7.45. The van der Waals surface area contributed by atoms with Gasteiger partial charge in [0.05, 0.1) is 24.3 Å². The molecule has 1 unspecified atom stereocenters. The Labute approximate surface area is 174 Å². The molecule has 0 bridgehead atoms. The van der Waals surface area contributed by atoms with Gasteiger partial charge in [0.1, 0.15) is 5.76 Å². The van der Waals surface area contributed by atoms with Crippen molar-refractivity contribution in [3.63, 3.8) is 0 Å². The van der Waals surface area contributed by atoms with Crippen molar-refractivity contribution in [1.82, 2.24) is 14.9 Å². The predicted octanol–water partition coefficient (Wildman–Crippen LogP) is 3.41. The number of para-hydroxylation sites is 1. The summed E-state index contributed by atoms with van der Waals surface area (Å²) in [5.74, 6) is -1.57. The number of benzene rings is 1. The number of nitrogens with one attached hydrogen (secondary N) is 1. The second-order valence-electron chi connectivity index (χ2n) is 7.45. The van der Waals surface area contributed by atoms with Gasteiger partial charge in [-0.15, -0.1) is 0 Å². The zero-order chi connectivity index (χ0) is 21.3. The first-order valence-corrected chi connectivity index (χ1v) is 9.85. The van der Waals surface area contributed by atoms with Gasteiger partial charge in [0.2, 0.25) is 0 Å². The van der Waals surface area contributed by atoms with Crippen molar-refractivity contribution in [2.75, 3.05) is 13.2 Å². The van der Waals surface area contributed by atoms with E-state index in [1.807, 2.05) is 38.1 Å². The van der Waals surface area contributed by atoms with Crippen LogP contribution >= 0.6 is 0 Å². The number of nitrogens with zero attached hydrogens (tertiary/aromatic N) is 2. The monoisotopic (exact) mass is 405 g/mol. The lowest BCUT2D eigenvalue weighted by Gasteiger charge is -2.25. The standard InChI is InChI=1S/C23H23N3O4/c1-14(2)30-11-10-26-20(15-6-5-9-24-12-15)19(22(28)23(26)29)21(27)17-13-25-18-8-4-3-7-16(17)18/h3-9,12-14,20,25,27H,10-11H2,1-2H3/b21-19-. The van der Waals surface area contributed by atoms with Crippen LogP contribution in [0.15, 0.2) is 60.6 Å². The van der Waals surface area contributed by atoms with Gasteiger partial charge in [0, 0.05) is 41.6 Å². The number of hydrogen-bond acceptors (Lipinski definition) is 5. The molecule has 0 saturated carbocycles. The van der Waals surface area contributed by atoms with Crippen molar-refractivity contribution in [2.45, 2.75) is 26.0 Å². The smallest absolute Gasteiger partial charge is 0.295 e. The third-order valence-corrected chi connectivity index (χ3v) is 5.17. The number of pyridine rings is 1. The number of rotatable bonds is 6. The molecule has 2 N–H and O–H groups in total. The number of aromatic amines is 1. The van der Waals surface area contributed by atoms with Gasteiger partial charge in [-0.05, 0) is 31.5 Å². The highest BCUT2D eigenvalue weighted by molar-refractivity contribution is 6.46. The minimum Gasteiger partial charge on any atom is -0.507 e. The number of aliphatic hydroxyl groups is 1. The fraction of sp³-hybridized carbons (Fsp3) is 0.261. The number of hydrogen-bond donors (Lipinski definition) is 2. The molecule has 0 aliphatic carbocycles. The number of amides is 1. The fourth-order valence-corrected chi connectivity index (χ4v) is 3.79. The van der Waals surface area contributed by atoms with E-state index >= 15 is 0 Å². The average molecular weight is 405 g/mol. The highest BCUT2D eigenvalue weighted by Gasteiger charge is 2.46. The molecule has 7 heteroatoms. The van der Waals surface area contributed by atoms with Crippen molar-refractivity contribution in [3.05, 3.63) is 71.7 Å². The molecule has 1 aliphatic heterocycles. The summed E-state index contributed by atoms with van der Waals surface area (Å²) in [6.07, 6.45) is 4.88. The SMILES string of the molecule is CC(C)OCCN1C(=O)C(=O)/C(=C(\O)c2c[nH]c3ccccc23)C1c1cccnc1. The van der Waals surface area contributed by atoms with Gasteiger partial charge in [-0.3, -0.25) is 14.6 Å². The van der Waals surface area contributed by atoms with E-state index in [0.29, 0.717) is 11.1 Å². The summed E-state index contributed by atoms with van der Waals surface area (Å²) in [7, 11) is 0. The summed E-state index contributed by atoms with van der Waals surface area (Å²) in [4.78, 5) is 34.5. The number of likely N-dealkylation sites (tertiary alicyclic amines) is 1. The Morgan fingerprint density at radius 3 is 2.77 bits per heavy atom. The molecule has 7 nitrogen and oxygen atoms in total. The number of carbonyl (C=O) groups is 2. The largest absolute Gasteiger partial charge is 0.507 e. The molecule has 0 spiro atoms. The molecule has 30 heavy (non-hydrogen) atoms. The van der Waals surface area contributed by atoms with Gasteiger partial charge < -0.3 is 19.7 Å². The third-order valence-electron chi connectivity index (χ3n) is 5.17. The summed E-state index contributed by atoms with van der Waals surface area (Å²) < 4.78 is 5.59. The van der Waals surface area contributed by atoms with Gasteiger partial charge in [-0.1, -0.05) is 24.3 Å². The first-order valence-electron chi connectivity index (χ1n) is 9.85. The number of ketones is 1. The van der Waals surface area contributed by atoms with Gasteiger partial charge in [0.15, 0.2) is 0 Å². The Morgan fingerprint density at radius 2 is 2.03 bits per heavy atom. The van der Waals surface area contributed by atoms with Crippen LogP contribution in [-0.4, -0.2) is 50.9 Å². The highest BCUT2D eigenvalue weighted by atomic mass is 16.5. The third kappa shape index (κ3) is 3.48. The van der Waals surface area contributed by atoms with Crippen LogP contribution in [0.4, 0.5) is 0 Å². The number of ether oxygens (including phenoxy) is 1. The first kappa shape index (κ1) is 19.8. The van der Waals surface area contributed by atoms with Crippen LogP contribution in [-0.2, 0) is 14.3 Å². The molecule has 0 radical (unpaired) electrons. The summed E-state index contributed by atoms with van der Waals surface area (Å²) in [6, 6.07) is 10.3. The minimum absolute atomic E-state index is 0.00452. The summed E-state index contributed by atoms with van der Waals surface area (Å²) in [5, 5.41) is 11.9. The number of fused-ring (bicyclic) bond motifs is 1. The molecular formula is C23H23N3O4. The molecule has 3 heterocycles. The molecule has 4 rings (SSSR count). The normalized spacial score (nSPS) is 18.6. The molecule has 1 saturated heterocycles. The van der Waals surface area contributed by atoms with Gasteiger partial charge in [0.25, 0.3) is 11.7 Å². The van der Waals surface area contributed by atoms with E-state index in [0.717, 1.165) is 10.9 Å². The van der Waals surface area contributed by atoms with Crippen LogP contribution in [0.3, 0.4) is 0 Å². The lowest BCUT2D eigenvalue weighted by Crippen LogP contribution is -2.33. The topological polar surface area (TPSA) is 95.5 Å². The zero-order valence-electron chi connectivity index (χ0n) is 16.8. The molecule has 154 valence electrons. The predicted molar refractivity (Wildman–Crippen MR) is 113 cm³/mol. The summed E-state index contributed by atoms with van der Waals surface area (Å²) in [5.41, 5.74) is 2.03. The molecule has 1 fully saturated rings. The van der Waals surface area contributed by atoms with Crippen molar-refractivity contribution in [2.24, 2.45) is 0 Å². The highest BCUT2D eigenvalue weighted by Crippen LogP contribution is 2.40. The second kappa shape index (κ2) is 8.12. The molecule has 1 amide bonds. The average Bonchev–Trinajstić information content (AvgIpc) is 3.28. The number of Topliss-reactive ketones (excluding diaryl/α,β-unsaturated/α-hetero) is 1. The van der Waals surface area contributed by atoms with Crippen LogP contribution in [0.1, 0.15) is 31.0 Å². The maximum Gasteiger partial charge on any atom is 0.295 e. The Balaban J connectivity index is 1.83. The van der Waals surface area contributed by atoms with Gasteiger partial charge in [-0.2, -0.15) is 0 Å². The van der Waals surface area contributed by atoms with Crippen LogP contribution in [0, 0.1) is 0 Å². The molecule has 1 atom stereocenters. The van der Waals surface area contributed by atoms with Gasteiger partial charge in [-0.25, -0.2) is 0 Å². The van der Waals surface area contributed by atoms with Crippen LogP contribution in [0.25, 0.3) is 16.7 Å². The Kier molecular flexibility index (Phi) is 5.37. The van der Waals surface area contributed by atoms with Gasteiger partial charge >= 0.3 is 0 Å². The van der Waals surface area contributed by atoms with E-state index in [9.17, 15) is 14.7 Å². The van der Waals surface area contributed by atoms with Crippen LogP contribution in [0.5, 0.6) is 0 Å². The quantitative estimate of drug-likeness (QED) is 0.372. The van der Waals surface area contributed by atoms with E-state index in [1.54, 1.807) is 30.7 Å². The molecule has 2 aromatic heterocycles. The zero-order valence-corrected chi connectivity index (χ0v) is 16.8. The number of aromatic nitrogens is 2. The summed E-state index contributed by atoms with van der Waals surface area (Å²) in [6.45, 7) is 4.33. The van der Waals surface area contributed by atoms with E-state index < -0.39 is 17.7 Å². The Hall–Kier alpha value is -3.45. The van der Waals surface area contributed by atoms with Crippen molar-refractivity contribution in [1.29, 1.82) is 0 Å². The number of H-pyrrole nitrogens is 1. The van der Waals surface area contributed by atoms with Crippen molar-refractivity contribution >= 4 is 28.4 Å². The van der Waals surface area contributed by atoms with Crippen LogP contribution < -0.4 is 0 Å². The lowest BCUT2D eigenvalue weighted by molar-refractivity contribution is -0.140. The Bertz CT molecular complexity index is 1120. The molecular weight excluding hydrogens is 382 g/mol. The lowest BCUT2D eigenvalue weighted by atomic mass is 9.96. The maximum absolute atomic E-state index is 13.0. The molecule has 3 aromatic rings. The van der Waals surface area contributed by atoms with E-state index in [2.05, 4.69) is 9.97 Å². The van der Waals surface area contributed by atoms with Crippen LogP contribution in [0.2, 0.25) is 0 Å². The van der Waals surface area contributed by atoms with E-state index in [1.165, 1.54) is 4.90 Å². The fourth-order valence-electron chi connectivity index (χ4n) is 3.79. The van der Waals surface area contributed by atoms with Crippen molar-refractivity contribution < 1.29 is 19.4 Å². The Morgan fingerprint density at radius 1 is 1.23 bits per heavy atom. The van der Waals surface area contributed by atoms with E-state index in [-0.39, 0.29) is 30.6 Å². The number of carbonyl (C=O) groups excluding carboxylic acids is 2. The summed E-state index contributed by atoms with van der Waals surface area (Å²) >= 11 is 0. The molecule has 1 aromatic carbocycles. The minimum atomic E-state index is -0.733. The van der Waals surface area contributed by atoms with E-state index in [4.69, 9.17) is 4.74 Å². The molecule has 1 aliphatic rings. The van der Waals surface area contributed by atoms with Crippen molar-refractivity contribution in [3.8, 4) is 0 Å². The number of aliphatic hydroxyl groups excluding tert-OH is 1. The first-order chi connectivity index (χ1) is 14.5. The maximum atomic E-state index is 13.0.